The number of thiocarbonyl (C=S) groups is 1. The summed E-state index contributed by atoms with van der Waals surface area (Å²) in [5.41, 5.74) is 4.94. The zero-order chi connectivity index (χ0) is 8.57. The van der Waals surface area contributed by atoms with Crippen molar-refractivity contribution in [2.24, 2.45) is 5.73 Å². The van der Waals surface area contributed by atoms with Crippen LogP contribution in [-0.4, -0.2) is 21.5 Å². The first-order chi connectivity index (χ1) is 4.50. The molecule has 0 atom stereocenters. The molecule has 11 heavy (non-hydrogen) atoms. The van der Waals surface area contributed by atoms with Gasteiger partial charge >= 0.3 is 35.7 Å². The zero-order valence-electron chi connectivity index (χ0n) is 5.60. The van der Waals surface area contributed by atoms with Gasteiger partial charge in [0, 0.05) is 0 Å². The molecule has 0 aromatic rings. The van der Waals surface area contributed by atoms with Crippen LogP contribution in [0.15, 0.2) is 0 Å². The van der Waals surface area contributed by atoms with E-state index in [1.165, 1.54) is 0 Å². The molecule has 5 N–H and O–H groups in total. The average Bonchev–Trinajstić information content (AvgIpc) is 1.62. The second-order valence-corrected chi connectivity index (χ2v) is 2.14. The summed E-state index contributed by atoms with van der Waals surface area (Å²) in [6.07, 6.45) is -1.83. The van der Waals surface area contributed by atoms with E-state index in [1.54, 1.807) is 0 Å². The standard InChI is InChI=1S/CH4N2S3.CH2O3.Na/c2-1(4)3-6-5;2-1(3)4;/h5H,(H3,2,3,4);(H2,2,3,4);/q;;+1/p-1. The van der Waals surface area contributed by atoms with E-state index < -0.39 is 6.16 Å². The monoisotopic (exact) mass is 224 g/mol. The van der Waals surface area contributed by atoms with E-state index in [-0.39, 0.29) is 34.7 Å². The number of carbonyl (C=O) groups is 1. The summed E-state index contributed by atoms with van der Waals surface area (Å²) in [5.74, 6) is 0. The van der Waals surface area contributed by atoms with Gasteiger partial charge in [-0.3, -0.25) is 0 Å². The molecule has 0 saturated heterocycles. The summed E-state index contributed by atoms with van der Waals surface area (Å²) in [6.45, 7) is 0. The Morgan fingerprint density at radius 2 is 1.91 bits per heavy atom. The van der Waals surface area contributed by atoms with E-state index in [0.29, 0.717) is 0 Å². The molecule has 0 bridgehead atoms. The molecular weight excluding hydrogens is 219 g/mol. The van der Waals surface area contributed by atoms with E-state index in [4.69, 9.17) is 20.7 Å². The summed E-state index contributed by atoms with van der Waals surface area (Å²) >= 11 is 8.74. The molecule has 0 aromatic carbocycles. The summed E-state index contributed by atoms with van der Waals surface area (Å²) in [7, 11) is 0.977. The number of carboxylic acid groups (broad SMARTS) is 2. The molecule has 0 rings (SSSR count). The molecule has 0 fully saturated rings. The van der Waals surface area contributed by atoms with Gasteiger partial charge in [-0.25, -0.2) is 15.8 Å². The number of nitrogens with one attached hydrogen (secondary N) is 1. The van der Waals surface area contributed by atoms with Gasteiger partial charge in [0.15, 0.2) is 5.11 Å². The third kappa shape index (κ3) is 59.7. The number of hydrogen-bond donors (Lipinski definition) is 4. The molecule has 60 valence electrons. The number of nitrogens with two attached hydrogens (primary N) is 1. The average molecular weight is 224 g/mol. The second-order valence-electron chi connectivity index (χ2n) is 0.832. The predicted octanol–water partition coefficient (Wildman–Crippen LogP) is -2.84. The van der Waals surface area contributed by atoms with Gasteiger partial charge in [0.05, 0.1) is 0 Å². The van der Waals surface area contributed by atoms with Crippen LogP contribution in [0, 0.1) is 0 Å². The van der Waals surface area contributed by atoms with Crippen LogP contribution < -0.4 is 40.0 Å². The normalized spacial score (nSPS) is 6.27. The largest absolute Gasteiger partial charge is 1.00 e. The Kier molecular flexibility index (Phi) is 21.3. The van der Waals surface area contributed by atoms with Crippen LogP contribution in [-0.2, 0) is 11.7 Å². The minimum Gasteiger partial charge on any atom is -0.696 e. The summed E-state index contributed by atoms with van der Waals surface area (Å²) in [5, 5.41) is 14.2. The van der Waals surface area contributed by atoms with Crippen LogP contribution in [0.2, 0.25) is 0 Å². The Balaban J connectivity index is -0.000000114. The number of hydrogen-bond acceptors (Lipinski definition) is 4. The first-order valence-electron chi connectivity index (χ1n) is 1.76. The fourth-order valence-corrected chi connectivity index (χ4v) is 0.676. The molecular formula is C2H5N2NaO3S3. The first kappa shape index (κ1) is 17.7. The molecule has 0 aliphatic carbocycles. The third-order valence-electron chi connectivity index (χ3n) is 0.142. The Morgan fingerprint density at radius 1 is 1.64 bits per heavy atom. The van der Waals surface area contributed by atoms with Crippen LogP contribution in [0.25, 0.3) is 0 Å². The summed E-state index contributed by atoms with van der Waals surface area (Å²) in [4.78, 5) is 8.56. The van der Waals surface area contributed by atoms with Crippen LogP contribution in [0.3, 0.4) is 0 Å². The zero-order valence-corrected chi connectivity index (χ0v) is 10.1. The van der Waals surface area contributed by atoms with Crippen molar-refractivity contribution in [2.45, 2.75) is 0 Å². The number of rotatable bonds is 1. The predicted molar refractivity (Wildman–Crippen MR) is 45.5 cm³/mol. The Hall–Kier alpha value is 0.660. The van der Waals surface area contributed by atoms with Crippen molar-refractivity contribution < 1.29 is 44.6 Å². The van der Waals surface area contributed by atoms with E-state index >= 15 is 0 Å². The van der Waals surface area contributed by atoms with Crippen molar-refractivity contribution in [3.63, 3.8) is 0 Å². The van der Waals surface area contributed by atoms with E-state index in [2.05, 4.69) is 28.6 Å². The quantitative estimate of drug-likeness (QED) is 0.124. The molecule has 5 nitrogen and oxygen atoms in total. The topological polar surface area (TPSA) is 95.6 Å². The molecule has 9 heteroatoms. The van der Waals surface area contributed by atoms with Crippen LogP contribution in [0.5, 0.6) is 0 Å². The minimum absolute atomic E-state index is 0. The Bertz CT molecular complexity index is 119. The van der Waals surface area contributed by atoms with Crippen molar-refractivity contribution >= 4 is 46.1 Å². The smallest absolute Gasteiger partial charge is 0.696 e. The Labute approximate surface area is 100 Å². The van der Waals surface area contributed by atoms with Crippen LogP contribution in [0.1, 0.15) is 0 Å². The summed E-state index contributed by atoms with van der Waals surface area (Å²) in [6, 6.07) is 0. The maximum absolute atomic E-state index is 8.56. The molecule has 0 aliphatic heterocycles. The van der Waals surface area contributed by atoms with Crippen LogP contribution >= 0.6 is 23.2 Å². The first-order valence-corrected chi connectivity index (χ1v) is 3.91. The van der Waals surface area contributed by atoms with E-state index in [1.807, 2.05) is 0 Å². The maximum atomic E-state index is 8.56. The van der Waals surface area contributed by atoms with Crippen molar-refractivity contribution in [3.8, 4) is 0 Å². The van der Waals surface area contributed by atoms with Crippen molar-refractivity contribution in [1.82, 2.24) is 4.72 Å². The summed E-state index contributed by atoms with van der Waals surface area (Å²) < 4.78 is 2.45. The molecule has 0 unspecified atom stereocenters. The maximum Gasteiger partial charge on any atom is 1.00 e. The molecule has 0 radical (unpaired) electrons. The van der Waals surface area contributed by atoms with Crippen LogP contribution in [0.4, 0.5) is 4.79 Å². The molecule has 0 aliphatic rings. The molecule has 0 spiro atoms. The molecule has 0 heterocycles. The fraction of sp³-hybridized carbons (Fsp3) is 0. The van der Waals surface area contributed by atoms with E-state index in [0.717, 1.165) is 11.0 Å². The van der Waals surface area contributed by atoms with Crippen molar-refractivity contribution in [1.29, 1.82) is 0 Å². The second kappa shape index (κ2) is 13.3. The van der Waals surface area contributed by atoms with Crippen molar-refractivity contribution in [2.75, 3.05) is 0 Å². The van der Waals surface area contributed by atoms with Crippen molar-refractivity contribution in [3.05, 3.63) is 0 Å². The minimum atomic E-state index is -1.83. The van der Waals surface area contributed by atoms with Gasteiger partial charge in [-0.1, -0.05) is 0 Å². The van der Waals surface area contributed by atoms with Gasteiger partial charge in [0.2, 0.25) is 0 Å². The Morgan fingerprint density at radius 3 is 1.91 bits per heavy atom. The van der Waals surface area contributed by atoms with E-state index in [9.17, 15) is 0 Å². The SMILES string of the molecule is NC(=S)NS[S-].O=C(O)O.[Na+]. The van der Waals surface area contributed by atoms with Gasteiger partial charge in [-0.05, 0) is 12.2 Å². The van der Waals surface area contributed by atoms with Gasteiger partial charge in [0.25, 0.3) is 0 Å². The fourth-order valence-electron chi connectivity index (χ4n) is 0.0411. The molecule has 0 saturated carbocycles. The van der Waals surface area contributed by atoms with Gasteiger partial charge in [-0.2, -0.15) is 0 Å². The third-order valence-corrected chi connectivity index (χ3v) is 0.927. The molecule has 0 aromatic heterocycles. The van der Waals surface area contributed by atoms with Gasteiger partial charge in [0.1, 0.15) is 0 Å². The van der Waals surface area contributed by atoms with Gasteiger partial charge in [-0.15, -0.1) is 0 Å². The molecule has 0 amide bonds. The van der Waals surface area contributed by atoms with Gasteiger partial charge < -0.3 is 32.3 Å².